The number of pyridine rings is 1. The summed E-state index contributed by atoms with van der Waals surface area (Å²) in [5, 5.41) is 0.520. The molecule has 5 nitrogen and oxygen atoms in total. The van der Waals surface area contributed by atoms with Crippen LogP contribution in [-0.2, 0) is 6.42 Å². The summed E-state index contributed by atoms with van der Waals surface area (Å²) < 4.78 is 0. The highest BCUT2D eigenvalue weighted by Gasteiger charge is 2.27. The van der Waals surface area contributed by atoms with Crippen molar-refractivity contribution < 1.29 is 0 Å². The smallest absolute Gasteiger partial charge is 0.311 e. The Bertz CT molecular complexity index is 1070. The van der Waals surface area contributed by atoms with Gasteiger partial charge in [-0.1, -0.05) is 41.9 Å². The molecule has 144 valence electrons. The molecule has 0 spiro atoms. The van der Waals surface area contributed by atoms with Crippen molar-refractivity contribution in [2.45, 2.75) is 43.9 Å². The van der Waals surface area contributed by atoms with Gasteiger partial charge in [0.15, 0.2) is 0 Å². The molecule has 3 aromatic rings. The first-order chi connectivity index (χ1) is 13.6. The molecule has 2 heterocycles. The first-order valence-corrected chi connectivity index (χ1v) is 9.99. The van der Waals surface area contributed by atoms with Crippen LogP contribution in [0.15, 0.2) is 58.3 Å². The average Bonchev–Trinajstić information content (AvgIpc) is 2.72. The molecule has 0 bridgehead atoms. The van der Waals surface area contributed by atoms with Crippen LogP contribution in [0.4, 0.5) is 0 Å². The highest BCUT2D eigenvalue weighted by Crippen LogP contribution is 2.40. The van der Waals surface area contributed by atoms with Gasteiger partial charge in [0.05, 0.1) is 10.7 Å². The van der Waals surface area contributed by atoms with E-state index in [4.69, 9.17) is 11.6 Å². The number of aromatic nitrogens is 3. The van der Waals surface area contributed by atoms with Crippen molar-refractivity contribution in [1.29, 1.82) is 0 Å². The highest BCUT2D eigenvalue weighted by molar-refractivity contribution is 6.31. The lowest BCUT2D eigenvalue weighted by Gasteiger charge is -2.29. The van der Waals surface area contributed by atoms with Gasteiger partial charge < -0.3 is 4.98 Å². The molecule has 0 radical (unpaired) electrons. The van der Waals surface area contributed by atoms with Crippen LogP contribution in [0.1, 0.15) is 60.0 Å². The molecule has 2 N–H and O–H groups in total. The first kappa shape index (κ1) is 18.7. The zero-order chi connectivity index (χ0) is 19.5. The molecule has 0 amide bonds. The minimum atomic E-state index is -0.457. The van der Waals surface area contributed by atoms with Gasteiger partial charge in [-0.3, -0.25) is 14.8 Å². The van der Waals surface area contributed by atoms with Crippen molar-refractivity contribution in [3.05, 3.63) is 97.0 Å². The van der Waals surface area contributed by atoms with Crippen molar-refractivity contribution in [2.75, 3.05) is 0 Å². The summed E-state index contributed by atoms with van der Waals surface area (Å²) in [5.74, 6) is 0.687. The minimum absolute atomic E-state index is 0.160. The van der Waals surface area contributed by atoms with Crippen LogP contribution in [0, 0.1) is 0 Å². The largest absolute Gasteiger partial charge is 0.325 e. The lowest BCUT2D eigenvalue weighted by atomic mass is 9.76. The number of halogens is 1. The van der Waals surface area contributed by atoms with Crippen LogP contribution in [0.5, 0.6) is 0 Å². The lowest BCUT2D eigenvalue weighted by Crippen LogP contribution is -2.30. The Labute approximate surface area is 167 Å². The molecule has 1 aliphatic rings. The minimum Gasteiger partial charge on any atom is -0.311 e. The number of H-pyrrole nitrogens is 2. The van der Waals surface area contributed by atoms with Gasteiger partial charge in [0.2, 0.25) is 0 Å². The summed E-state index contributed by atoms with van der Waals surface area (Å²) in [4.78, 5) is 34.1. The van der Waals surface area contributed by atoms with Crippen LogP contribution in [0.25, 0.3) is 0 Å². The molecule has 0 unspecified atom stereocenters. The second kappa shape index (κ2) is 8.15. The lowest BCUT2D eigenvalue weighted by molar-refractivity contribution is 0.388. The van der Waals surface area contributed by atoms with Gasteiger partial charge in [-0.25, -0.2) is 4.79 Å². The zero-order valence-corrected chi connectivity index (χ0v) is 16.2. The van der Waals surface area contributed by atoms with Crippen molar-refractivity contribution in [3.63, 3.8) is 0 Å². The number of hydrogen-bond donors (Lipinski definition) is 2. The molecule has 4 rings (SSSR count). The summed E-state index contributed by atoms with van der Waals surface area (Å²) in [6.07, 6.45) is 5.90. The molecule has 2 aromatic heterocycles. The van der Waals surface area contributed by atoms with Crippen LogP contribution < -0.4 is 11.2 Å². The third-order valence-electron chi connectivity index (χ3n) is 5.66. The number of nitrogens with one attached hydrogen (secondary N) is 2. The zero-order valence-electron chi connectivity index (χ0n) is 15.5. The molecular weight excluding hydrogens is 374 g/mol. The summed E-state index contributed by atoms with van der Waals surface area (Å²) in [6, 6.07) is 14.0. The predicted molar refractivity (Wildman–Crippen MR) is 110 cm³/mol. The van der Waals surface area contributed by atoms with E-state index in [9.17, 15) is 9.59 Å². The topological polar surface area (TPSA) is 78.6 Å². The molecule has 28 heavy (non-hydrogen) atoms. The number of hydrogen-bond acceptors (Lipinski definition) is 3. The number of nitrogens with zero attached hydrogens (tertiary/aromatic N) is 1. The van der Waals surface area contributed by atoms with Gasteiger partial charge in [-0.05, 0) is 55.2 Å². The van der Waals surface area contributed by atoms with Crippen LogP contribution in [0.2, 0.25) is 5.02 Å². The van der Waals surface area contributed by atoms with E-state index in [1.165, 1.54) is 5.56 Å². The Kier molecular flexibility index (Phi) is 5.44. The van der Waals surface area contributed by atoms with E-state index in [0.717, 1.165) is 31.4 Å². The molecule has 6 heteroatoms. The molecule has 1 fully saturated rings. The number of rotatable bonds is 4. The average molecular weight is 396 g/mol. The second-order valence-electron chi connectivity index (χ2n) is 7.37. The van der Waals surface area contributed by atoms with Gasteiger partial charge >= 0.3 is 5.69 Å². The van der Waals surface area contributed by atoms with Gasteiger partial charge in [0.1, 0.15) is 0 Å². The Morgan fingerprint density at radius 2 is 1.64 bits per heavy atom. The maximum absolute atomic E-state index is 12.6. The molecule has 1 saturated carbocycles. The van der Waals surface area contributed by atoms with Gasteiger partial charge in [-0.15, -0.1) is 0 Å². The van der Waals surface area contributed by atoms with E-state index in [1.54, 1.807) is 18.3 Å². The quantitative estimate of drug-likeness (QED) is 0.696. The molecule has 0 saturated heterocycles. The van der Waals surface area contributed by atoms with Gasteiger partial charge in [-0.2, -0.15) is 0 Å². The summed E-state index contributed by atoms with van der Waals surface area (Å²) >= 11 is 6.24. The fourth-order valence-corrected chi connectivity index (χ4v) is 4.40. The summed E-state index contributed by atoms with van der Waals surface area (Å²) in [5.41, 5.74) is 2.49. The van der Waals surface area contributed by atoms with Crippen molar-refractivity contribution >= 4 is 11.6 Å². The summed E-state index contributed by atoms with van der Waals surface area (Å²) in [7, 11) is 0. The first-order valence-electron chi connectivity index (χ1n) is 9.61. The second-order valence-corrected chi connectivity index (χ2v) is 7.78. The third kappa shape index (κ3) is 3.94. The number of benzene rings is 1. The maximum atomic E-state index is 12.6. The van der Waals surface area contributed by atoms with Crippen LogP contribution in [-0.4, -0.2) is 15.0 Å². The fourth-order valence-electron chi connectivity index (χ4n) is 4.21. The van der Waals surface area contributed by atoms with E-state index in [1.807, 2.05) is 6.07 Å². The van der Waals surface area contributed by atoms with E-state index < -0.39 is 5.69 Å². The standard InChI is InChI=1S/C22H22ClN3O2/c23-18-7-4-12-24-19(18)13-17-20(25-22(28)26-21(17)27)16-10-8-15(9-11-16)14-5-2-1-3-6-14/h1-7,12,15-16H,8-11,13H2,(H2,25,26,27,28). The maximum Gasteiger partial charge on any atom is 0.325 e. The Balaban J connectivity index is 1.60. The molecule has 0 aliphatic heterocycles. The van der Waals surface area contributed by atoms with Crippen LogP contribution >= 0.6 is 11.6 Å². The fraction of sp³-hybridized carbons (Fsp3) is 0.318. The number of aromatic amines is 2. The molecule has 0 atom stereocenters. The van der Waals surface area contributed by atoms with E-state index in [-0.39, 0.29) is 11.5 Å². The Morgan fingerprint density at radius 1 is 0.929 bits per heavy atom. The SMILES string of the molecule is O=c1[nH]c(C2CCC(c3ccccc3)CC2)c(Cc2ncccc2Cl)c(=O)[nH]1. The van der Waals surface area contributed by atoms with Gasteiger partial charge in [0, 0.05) is 23.9 Å². The van der Waals surface area contributed by atoms with Crippen molar-refractivity contribution in [3.8, 4) is 0 Å². The monoisotopic (exact) mass is 395 g/mol. The van der Waals surface area contributed by atoms with E-state index in [0.29, 0.717) is 28.6 Å². The molecule has 1 aliphatic carbocycles. The molecule has 1 aromatic carbocycles. The Morgan fingerprint density at radius 3 is 2.36 bits per heavy atom. The normalized spacial score (nSPS) is 19.5. The van der Waals surface area contributed by atoms with E-state index in [2.05, 4.69) is 39.2 Å². The van der Waals surface area contributed by atoms with Crippen LogP contribution in [0.3, 0.4) is 0 Å². The van der Waals surface area contributed by atoms with Crippen molar-refractivity contribution in [1.82, 2.24) is 15.0 Å². The van der Waals surface area contributed by atoms with Crippen molar-refractivity contribution in [2.24, 2.45) is 0 Å². The summed E-state index contributed by atoms with van der Waals surface area (Å²) in [6.45, 7) is 0. The molecular formula is C22H22ClN3O2. The predicted octanol–water partition coefficient (Wildman–Crippen LogP) is 4.14. The van der Waals surface area contributed by atoms with Gasteiger partial charge in [0.25, 0.3) is 5.56 Å². The Hall–Kier alpha value is -2.66. The third-order valence-corrected chi connectivity index (χ3v) is 6.00. The highest BCUT2D eigenvalue weighted by atomic mass is 35.5. The van der Waals surface area contributed by atoms with E-state index >= 15 is 0 Å².